The van der Waals surface area contributed by atoms with Gasteiger partial charge >= 0.3 is 6.09 Å². The zero-order valence-electron chi connectivity index (χ0n) is 21.0. The molecule has 3 rings (SSSR count). The third-order valence-electron chi connectivity index (χ3n) is 5.47. The Morgan fingerprint density at radius 1 is 1.05 bits per heavy atom. The van der Waals surface area contributed by atoms with Crippen molar-refractivity contribution in [1.82, 2.24) is 5.48 Å². The molecule has 0 aliphatic rings. The van der Waals surface area contributed by atoms with Crippen LogP contribution in [0.15, 0.2) is 89.8 Å². The van der Waals surface area contributed by atoms with Crippen molar-refractivity contribution in [3.05, 3.63) is 90.5 Å². The van der Waals surface area contributed by atoms with Gasteiger partial charge in [0.15, 0.2) is 17.6 Å². The fourth-order valence-electron chi connectivity index (χ4n) is 3.61. The van der Waals surface area contributed by atoms with Gasteiger partial charge in [0.05, 0.1) is 7.11 Å². The Kier molecular flexibility index (Phi) is 10.9. The minimum atomic E-state index is -0.947. The van der Waals surface area contributed by atoms with Crippen molar-refractivity contribution < 1.29 is 34.1 Å². The highest BCUT2D eigenvalue weighted by molar-refractivity contribution is 7.98. The first-order valence-corrected chi connectivity index (χ1v) is 13.0. The summed E-state index contributed by atoms with van der Waals surface area (Å²) in [6, 6.07) is 21.1. The highest BCUT2D eigenvalue weighted by atomic mass is 32.2. The number of rotatable bonds is 12. The number of benzene rings is 3. The number of carbonyl (C=O) groups is 2. The van der Waals surface area contributed by atoms with E-state index in [0.29, 0.717) is 29.8 Å². The number of para-hydroxylation sites is 1. The monoisotopic (exact) mass is 538 g/mol. The number of allylic oxidation sites excluding steroid dienone is 1. The predicted octanol–water partition coefficient (Wildman–Crippen LogP) is 5.70. The van der Waals surface area contributed by atoms with E-state index in [1.807, 2.05) is 36.6 Å². The van der Waals surface area contributed by atoms with Gasteiger partial charge in [-0.3, -0.25) is 15.3 Å². The minimum absolute atomic E-state index is 0.121. The number of hydroxylamine groups is 1. The van der Waals surface area contributed by atoms with Gasteiger partial charge < -0.3 is 19.3 Å². The van der Waals surface area contributed by atoms with Crippen molar-refractivity contribution in [2.75, 3.05) is 18.7 Å². The summed E-state index contributed by atoms with van der Waals surface area (Å²) in [5.74, 6) is 0.0354. The normalized spacial score (nSPS) is 12.4. The molecule has 0 aliphatic heterocycles. The molecule has 0 radical (unpaired) electrons. The summed E-state index contributed by atoms with van der Waals surface area (Å²) in [6.07, 6.45) is 3.06. The molecule has 0 saturated carbocycles. The van der Waals surface area contributed by atoms with Gasteiger partial charge in [-0.15, -0.1) is 11.8 Å². The number of nitrogens with one attached hydrogen (secondary N) is 2. The number of carbonyl (C=O) groups excluding carboxylic acids is 2. The maximum atomic E-state index is 13.0. The van der Waals surface area contributed by atoms with Gasteiger partial charge in [-0.1, -0.05) is 30.3 Å². The third-order valence-corrected chi connectivity index (χ3v) is 6.21. The Labute approximate surface area is 225 Å². The van der Waals surface area contributed by atoms with Crippen molar-refractivity contribution in [2.45, 2.75) is 29.9 Å². The number of anilines is 1. The van der Waals surface area contributed by atoms with Crippen LogP contribution < -0.4 is 20.3 Å². The maximum Gasteiger partial charge on any atom is 0.412 e. The van der Waals surface area contributed by atoms with Crippen molar-refractivity contribution in [2.24, 2.45) is 0 Å². The number of phenolic OH excluding ortho intramolecular Hbond substituents is 1. The van der Waals surface area contributed by atoms with Gasteiger partial charge in [0.2, 0.25) is 0 Å². The zero-order chi connectivity index (χ0) is 27.3. The van der Waals surface area contributed by atoms with E-state index in [4.69, 9.17) is 19.4 Å². The Morgan fingerprint density at radius 3 is 2.42 bits per heavy atom. The average molecular weight is 539 g/mol. The summed E-state index contributed by atoms with van der Waals surface area (Å²) in [6.45, 7) is 0. The SMILES string of the molecule is COc1ccc([C@H](OC(=O)Nc2ccc(SC)cc2)[C@H](CC/C=C/C(=O)NO)Oc2ccccc2)cc1O. The summed E-state index contributed by atoms with van der Waals surface area (Å²) >= 11 is 1.59. The zero-order valence-corrected chi connectivity index (χ0v) is 21.8. The van der Waals surface area contributed by atoms with Crippen molar-refractivity contribution in [3.8, 4) is 17.2 Å². The van der Waals surface area contributed by atoms with Crippen molar-refractivity contribution >= 4 is 29.4 Å². The molecule has 3 aromatic carbocycles. The molecule has 0 saturated heterocycles. The number of hydrogen-bond acceptors (Lipinski definition) is 8. The smallest absolute Gasteiger partial charge is 0.412 e. The lowest BCUT2D eigenvalue weighted by Gasteiger charge is -2.28. The first kappa shape index (κ1) is 28.4. The van der Waals surface area contributed by atoms with Crippen LogP contribution in [0.1, 0.15) is 24.5 Å². The molecule has 200 valence electrons. The molecule has 0 aromatic heterocycles. The number of thioether (sulfide) groups is 1. The number of methoxy groups -OCH3 is 1. The van der Waals surface area contributed by atoms with Gasteiger partial charge in [0.1, 0.15) is 11.9 Å². The quantitative estimate of drug-likeness (QED) is 0.100. The lowest BCUT2D eigenvalue weighted by atomic mass is 9.99. The predicted molar refractivity (Wildman–Crippen MR) is 145 cm³/mol. The second-order valence-electron chi connectivity index (χ2n) is 8.04. The van der Waals surface area contributed by atoms with Crippen LogP contribution in [0.5, 0.6) is 17.2 Å². The van der Waals surface area contributed by atoms with E-state index in [0.717, 1.165) is 4.90 Å². The Balaban J connectivity index is 1.90. The number of hydrogen-bond donors (Lipinski definition) is 4. The third kappa shape index (κ3) is 8.46. The highest BCUT2D eigenvalue weighted by Gasteiger charge is 2.30. The lowest BCUT2D eigenvalue weighted by Crippen LogP contribution is -2.31. The Morgan fingerprint density at radius 2 is 1.79 bits per heavy atom. The molecule has 2 amide bonds. The minimum Gasteiger partial charge on any atom is -0.504 e. The second kappa shape index (κ2) is 14.6. The van der Waals surface area contributed by atoms with E-state index in [1.54, 1.807) is 54.2 Å². The molecule has 4 N–H and O–H groups in total. The molecular weight excluding hydrogens is 508 g/mol. The number of phenols is 1. The highest BCUT2D eigenvalue weighted by Crippen LogP contribution is 2.34. The standard InChI is InChI=1S/C28H30N2O7S/c1-35-24-17-12-19(18-23(24)31)27(37-28(33)29-20-13-15-22(38-2)16-14-20)25(10-6-7-11-26(32)30-34)36-21-8-4-3-5-9-21/h3-5,7-9,11-18,25,27,31,34H,6,10H2,1-2H3,(H,29,33)(H,30,32)/b11-7+/t25-,27-/m0/s1. The topological polar surface area (TPSA) is 126 Å². The first-order chi connectivity index (χ1) is 18.4. The summed E-state index contributed by atoms with van der Waals surface area (Å²) in [7, 11) is 1.44. The van der Waals surface area contributed by atoms with E-state index >= 15 is 0 Å². The molecule has 0 aliphatic carbocycles. The first-order valence-electron chi connectivity index (χ1n) is 11.7. The maximum absolute atomic E-state index is 13.0. The number of amides is 2. The van der Waals surface area contributed by atoms with Crippen LogP contribution in [0.4, 0.5) is 10.5 Å². The number of aromatic hydroxyl groups is 1. The van der Waals surface area contributed by atoms with Crippen LogP contribution in [0.25, 0.3) is 0 Å². The molecule has 2 atom stereocenters. The summed E-state index contributed by atoms with van der Waals surface area (Å²) in [5, 5.41) is 21.9. The number of ether oxygens (including phenoxy) is 3. The summed E-state index contributed by atoms with van der Waals surface area (Å²) in [4.78, 5) is 25.4. The van der Waals surface area contributed by atoms with E-state index in [2.05, 4.69) is 5.32 Å². The fraction of sp³-hybridized carbons (Fsp3) is 0.214. The molecule has 38 heavy (non-hydrogen) atoms. The molecule has 0 unspecified atom stereocenters. The van der Waals surface area contributed by atoms with E-state index in [9.17, 15) is 14.7 Å². The van der Waals surface area contributed by atoms with Crippen molar-refractivity contribution in [1.29, 1.82) is 0 Å². The van der Waals surface area contributed by atoms with Gasteiger partial charge in [-0.2, -0.15) is 0 Å². The average Bonchev–Trinajstić information content (AvgIpc) is 2.94. The van der Waals surface area contributed by atoms with Gasteiger partial charge in [0, 0.05) is 22.2 Å². The Bertz CT molecular complexity index is 1220. The van der Waals surface area contributed by atoms with Crippen LogP contribution >= 0.6 is 11.8 Å². The van der Waals surface area contributed by atoms with Gasteiger partial charge in [0.25, 0.3) is 5.91 Å². The summed E-state index contributed by atoms with van der Waals surface area (Å²) < 4.78 is 17.3. The van der Waals surface area contributed by atoms with E-state index < -0.39 is 24.2 Å². The Hall–Kier alpha value is -4.15. The summed E-state index contributed by atoms with van der Waals surface area (Å²) in [5.41, 5.74) is 2.58. The van der Waals surface area contributed by atoms with Crippen molar-refractivity contribution in [3.63, 3.8) is 0 Å². The molecule has 3 aromatic rings. The van der Waals surface area contributed by atoms with Crippen LogP contribution in [-0.4, -0.2) is 41.8 Å². The fourth-order valence-corrected chi connectivity index (χ4v) is 4.02. The molecule has 0 fully saturated rings. The molecule has 9 nitrogen and oxygen atoms in total. The van der Waals surface area contributed by atoms with Crippen LogP contribution in [0.2, 0.25) is 0 Å². The molecular formula is C28H30N2O7S. The van der Waals surface area contributed by atoms with Gasteiger partial charge in [-0.25, -0.2) is 10.3 Å². The van der Waals surface area contributed by atoms with Gasteiger partial charge in [-0.05, 0) is 67.6 Å². The molecule has 0 spiro atoms. The second-order valence-corrected chi connectivity index (χ2v) is 8.92. The molecule has 0 heterocycles. The van der Waals surface area contributed by atoms with Crippen LogP contribution in [0.3, 0.4) is 0 Å². The van der Waals surface area contributed by atoms with Crippen LogP contribution in [0, 0.1) is 0 Å². The van der Waals surface area contributed by atoms with Crippen LogP contribution in [-0.2, 0) is 9.53 Å². The van der Waals surface area contributed by atoms with E-state index in [1.165, 1.54) is 24.7 Å². The molecule has 10 heteroatoms. The largest absolute Gasteiger partial charge is 0.504 e. The molecule has 0 bridgehead atoms. The van der Waals surface area contributed by atoms with E-state index in [-0.39, 0.29) is 11.5 Å². The lowest BCUT2D eigenvalue weighted by molar-refractivity contribution is -0.124.